The van der Waals surface area contributed by atoms with Crippen LogP contribution in [-0.4, -0.2) is 26.4 Å². The molecule has 3 aromatic rings. The number of benzene rings is 1. The van der Waals surface area contributed by atoms with Crippen molar-refractivity contribution >= 4 is 35.0 Å². The van der Waals surface area contributed by atoms with Gasteiger partial charge in [-0.25, -0.2) is 9.67 Å². The van der Waals surface area contributed by atoms with Crippen LogP contribution in [0.25, 0.3) is 5.82 Å². The van der Waals surface area contributed by atoms with E-state index in [9.17, 15) is 4.79 Å². The van der Waals surface area contributed by atoms with Crippen molar-refractivity contribution in [2.24, 2.45) is 0 Å². The van der Waals surface area contributed by atoms with Crippen LogP contribution in [-0.2, 0) is 4.79 Å². The summed E-state index contributed by atoms with van der Waals surface area (Å²) < 4.78 is 1.62. The normalized spacial score (nSPS) is 10.5. The molecule has 5 nitrogen and oxygen atoms in total. The Kier molecular flexibility index (Phi) is 5.51. The lowest BCUT2D eigenvalue weighted by Crippen LogP contribution is -2.15. The molecule has 0 fully saturated rings. The summed E-state index contributed by atoms with van der Waals surface area (Å²) in [4.78, 5) is 17.4. The number of nitrogens with zero attached hydrogens (tertiary/aromatic N) is 3. The van der Waals surface area contributed by atoms with Crippen molar-refractivity contribution in [3.63, 3.8) is 0 Å². The molecule has 2 heterocycles. The third-order valence-corrected chi connectivity index (χ3v) is 4.72. The number of rotatable bonds is 6. The molecule has 0 aliphatic rings. The molecular weight excluding hydrogens is 344 g/mol. The molecule has 0 bridgehead atoms. The van der Waals surface area contributed by atoms with Crippen molar-refractivity contribution in [1.82, 2.24) is 14.8 Å². The van der Waals surface area contributed by atoms with Gasteiger partial charge in [0.1, 0.15) is 0 Å². The third-order valence-electron chi connectivity index (χ3n) is 3.21. The second-order valence-corrected chi connectivity index (χ2v) is 6.45. The fraction of sp³-hybridized carbons (Fsp3) is 0.118. The molecule has 24 heavy (non-hydrogen) atoms. The Morgan fingerprint density at radius 2 is 2.04 bits per heavy atom. The molecule has 1 amide bonds. The van der Waals surface area contributed by atoms with E-state index in [4.69, 9.17) is 11.6 Å². The van der Waals surface area contributed by atoms with Crippen LogP contribution >= 0.6 is 23.4 Å². The van der Waals surface area contributed by atoms with Crippen LogP contribution in [0.4, 0.5) is 5.69 Å². The molecule has 0 radical (unpaired) electrons. The number of anilines is 1. The van der Waals surface area contributed by atoms with Gasteiger partial charge >= 0.3 is 0 Å². The number of hydrogen-bond donors (Lipinski definition) is 1. The maximum atomic E-state index is 12.2. The molecule has 0 saturated heterocycles. The van der Waals surface area contributed by atoms with Crippen molar-refractivity contribution in [1.29, 1.82) is 0 Å². The summed E-state index contributed by atoms with van der Waals surface area (Å²) in [5.74, 6) is 1.16. The number of thioether (sulfide) groups is 1. The molecule has 1 N–H and O–H groups in total. The van der Waals surface area contributed by atoms with Gasteiger partial charge in [-0.15, -0.1) is 11.8 Å². The van der Waals surface area contributed by atoms with Gasteiger partial charge in [-0.1, -0.05) is 23.7 Å². The van der Waals surface area contributed by atoms with Crippen LogP contribution in [0.2, 0.25) is 5.02 Å². The van der Waals surface area contributed by atoms with Crippen molar-refractivity contribution in [3.8, 4) is 5.82 Å². The molecule has 2 aromatic heterocycles. The Labute approximate surface area is 149 Å². The van der Waals surface area contributed by atoms with Gasteiger partial charge in [0.05, 0.1) is 10.7 Å². The quantitative estimate of drug-likeness (QED) is 0.675. The smallest absolute Gasteiger partial charge is 0.225 e. The summed E-state index contributed by atoms with van der Waals surface area (Å²) in [5.41, 5.74) is 0.633. The van der Waals surface area contributed by atoms with Crippen LogP contribution in [0.3, 0.4) is 0 Å². The minimum Gasteiger partial charge on any atom is -0.323 e. The highest BCUT2D eigenvalue weighted by Crippen LogP contribution is 2.27. The van der Waals surface area contributed by atoms with Gasteiger partial charge in [0.15, 0.2) is 5.82 Å². The first-order valence-electron chi connectivity index (χ1n) is 7.36. The minimum atomic E-state index is -0.0732. The Morgan fingerprint density at radius 1 is 1.17 bits per heavy atom. The summed E-state index contributed by atoms with van der Waals surface area (Å²) in [6.07, 6.45) is 5.50. The van der Waals surface area contributed by atoms with E-state index in [1.54, 1.807) is 47.2 Å². The average Bonchev–Trinajstić information content (AvgIpc) is 3.11. The van der Waals surface area contributed by atoms with Gasteiger partial charge in [-0.05, 0) is 30.3 Å². The molecule has 0 unspecified atom stereocenters. The van der Waals surface area contributed by atoms with E-state index in [2.05, 4.69) is 15.4 Å². The van der Waals surface area contributed by atoms with Gasteiger partial charge < -0.3 is 5.32 Å². The van der Waals surface area contributed by atoms with E-state index in [0.29, 0.717) is 28.7 Å². The summed E-state index contributed by atoms with van der Waals surface area (Å²) in [6, 6.07) is 13.0. The average molecular weight is 359 g/mol. The van der Waals surface area contributed by atoms with Crippen LogP contribution in [0, 0.1) is 0 Å². The zero-order valence-corrected chi connectivity index (χ0v) is 14.3. The van der Waals surface area contributed by atoms with Crippen molar-refractivity contribution in [3.05, 3.63) is 66.1 Å². The van der Waals surface area contributed by atoms with Crippen molar-refractivity contribution < 1.29 is 4.79 Å². The van der Waals surface area contributed by atoms with E-state index in [1.165, 1.54) is 0 Å². The van der Waals surface area contributed by atoms with Gasteiger partial charge in [0.2, 0.25) is 5.91 Å². The van der Waals surface area contributed by atoms with Crippen LogP contribution in [0.15, 0.2) is 66.0 Å². The number of carbonyl (C=O) groups is 1. The zero-order valence-electron chi connectivity index (χ0n) is 12.7. The zero-order chi connectivity index (χ0) is 16.8. The summed E-state index contributed by atoms with van der Waals surface area (Å²) in [6.45, 7) is 0. The number of halogens is 1. The molecule has 3 rings (SSSR count). The molecule has 122 valence electrons. The summed E-state index contributed by atoms with van der Waals surface area (Å²) in [7, 11) is 0. The third kappa shape index (κ3) is 4.15. The summed E-state index contributed by atoms with van der Waals surface area (Å²) in [5, 5.41) is 7.75. The van der Waals surface area contributed by atoms with Crippen LogP contribution in [0.1, 0.15) is 6.42 Å². The standard InChI is InChI=1S/C17H15ClN4OS/c18-13-5-1-2-7-15(13)24-12-8-16(23)21-14-6-3-9-19-17(14)22-11-4-10-20-22/h1-7,9-11H,8,12H2,(H,21,23). The predicted octanol–water partition coefficient (Wildman–Crippen LogP) is 4.04. The molecule has 0 saturated carbocycles. The highest BCUT2D eigenvalue weighted by Gasteiger charge is 2.10. The highest BCUT2D eigenvalue weighted by molar-refractivity contribution is 7.99. The first kappa shape index (κ1) is 16.5. The Bertz CT molecular complexity index is 823. The molecule has 1 aromatic carbocycles. The van der Waals surface area contributed by atoms with Crippen LogP contribution < -0.4 is 5.32 Å². The number of carbonyl (C=O) groups excluding carboxylic acids is 1. The molecule has 0 aliphatic carbocycles. The first-order valence-corrected chi connectivity index (χ1v) is 8.72. The fourth-order valence-electron chi connectivity index (χ4n) is 2.10. The van der Waals surface area contributed by atoms with Crippen molar-refractivity contribution in [2.45, 2.75) is 11.3 Å². The summed E-state index contributed by atoms with van der Waals surface area (Å²) >= 11 is 7.67. The highest BCUT2D eigenvalue weighted by atomic mass is 35.5. The molecular formula is C17H15ClN4OS. The largest absolute Gasteiger partial charge is 0.323 e. The maximum absolute atomic E-state index is 12.2. The fourth-order valence-corrected chi connectivity index (χ4v) is 3.29. The van der Waals surface area contributed by atoms with Gasteiger partial charge in [0.25, 0.3) is 0 Å². The lowest BCUT2D eigenvalue weighted by atomic mass is 10.3. The van der Waals surface area contributed by atoms with E-state index in [0.717, 1.165) is 4.90 Å². The number of amides is 1. The predicted molar refractivity (Wildman–Crippen MR) is 96.8 cm³/mol. The number of nitrogens with one attached hydrogen (secondary N) is 1. The molecule has 0 spiro atoms. The Morgan fingerprint density at radius 3 is 2.83 bits per heavy atom. The molecule has 7 heteroatoms. The van der Waals surface area contributed by atoms with E-state index in [1.807, 2.05) is 30.3 Å². The van der Waals surface area contributed by atoms with E-state index < -0.39 is 0 Å². The molecule has 0 atom stereocenters. The topological polar surface area (TPSA) is 59.8 Å². The SMILES string of the molecule is O=C(CCSc1ccccc1Cl)Nc1cccnc1-n1cccn1. The second-order valence-electron chi connectivity index (χ2n) is 4.90. The molecule has 0 aliphatic heterocycles. The minimum absolute atomic E-state index is 0.0732. The lowest BCUT2D eigenvalue weighted by Gasteiger charge is -2.10. The maximum Gasteiger partial charge on any atom is 0.225 e. The van der Waals surface area contributed by atoms with Gasteiger partial charge in [0, 0.05) is 35.7 Å². The van der Waals surface area contributed by atoms with Crippen LogP contribution in [0.5, 0.6) is 0 Å². The number of aromatic nitrogens is 3. The van der Waals surface area contributed by atoms with E-state index in [-0.39, 0.29) is 5.91 Å². The van der Waals surface area contributed by atoms with E-state index >= 15 is 0 Å². The lowest BCUT2D eigenvalue weighted by molar-refractivity contribution is -0.115. The first-order chi connectivity index (χ1) is 11.7. The van der Waals surface area contributed by atoms with Gasteiger partial charge in [-0.3, -0.25) is 4.79 Å². The van der Waals surface area contributed by atoms with Gasteiger partial charge in [-0.2, -0.15) is 5.10 Å². The second kappa shape index (κ2) is 7.99. The monoisotopic (exact) mass is 358 g/mol. The Balaban J connectivity index is 1.59. The van der Waals surface area contributed by atoms with Crippen molar-refractivity contribution in [2.75, 3.05) is 11.1 Å². The Hall–Kier alpha value is -2.31. The number of hydrogen-bond acceptors (Lipinski definition) is 4. The number of pyridine rings is 1.